The van der Waals surface area contributed by atoms with Crippen molar-refractivity contribution in [2.24, 2.45) is 0 Å². The molecule has 0 radical (unpaired) electrons. The van der Waals surface area contributed by atoms with Crippen LogP contribution in [-0.2, 0) is 21.7 Å². The predicted octanol–water partition coefficient (Wildman–Crippen LogP) is 3.88. The third-order valence-corrected chi connectivity index (χ3v) is 1.44. The number of rotatable bonds is 2. The van der Waals surface area contributed by atoms with Gasteiger partial charge in [0.25, 0.3) is 0 Å². The molecule has 0 rings (SSSR count). The van der Waals surface area contributed by atoms with Crippen LogP contribution in [0.4, 0.5) is 0 Å². The molecule has 0 aliphatic rings. The van der Waals surface area contributed by atoms with Gasteiger partial charge >= 0.3 is 21.7 Å². The minimum atomic E-state index is 0. The van der Waals surface area contributed by atoms with E-state index in [-0.39, 0.29) is 21.7 Å². The van der Waals surface area contributed by atoms with E-state index in [1.165, 1.54) is 0 Å². The van der Waals surface area contributed by atoms with Crippen molar-refractivity contribution >= 4 is 0 Å². The average Bonchev–Trinajstić information content (AvgIpc) is 2.16. The zero-order valence-electron chi connectivity index (χ0n) is 8.96. The largest absolute Gasteiger partial charge is 2.00 e. The Morgan fingerprint density at radius 2 is 1.08 bits per heavy atom. The van der Waals surface area contributed by atoms with E-state index >= 15 is 0 Å². The minimum Gasteiger partial charge on any atom is -0.293 e. The molecule has 0 atom stereocenters. The van der Waals surface area contributed by atoms with Crippen LogP contribution in [0.25, 0.3) is 0 Å². The first-order valence-corrected chi connectivity index (χ1v) is 3.98. The Morgan fingerprint density at radius 3 is 1.08 bits per heavy atom. The van der Waals surface area contributed by atoms with E-state index in [2.05, 4.69) is 0 Å². The summed E-state index contributed by atoms with van der Waals surface area (Å²) in [5.74, 6) is 0. The second kappa shape index (κ2) is 14.2. The van der Waals surface area contributed by atoms with Gasteiger partial charge in [0.15, 0.2) is 0 Å². The summed E-state index contributed by atoms with van der Waals surface area (Å²) < 4.78 is 0. The molecule has 0 heterocycles. The van der Waals surface area contributed by atoms with Crippen molar-refractivity contribution < 1.29 is 21.7 Å². The molecular formula is C12H18Ti. The van der Waals surface area contributed by atoms with E-state index in [1.54, 1.807) is 12.2 Å². The first-order chi connectivity index (χ1) is 5.62. The summed E-state index contributed by atoms with van der Waals surface area (Å²) >= 11 is 0. The second-order valence-electron chi connectivity index (χ2n) is 2.40. The molecule has 0 fully saturated rings. The van der Waals surface area contributed by atoms with Gasteiger partial charge in [-0.15, -0.1) is 13.8 Å². The molecular weight excluding hydrogens is 192 g/mol. The van der Waals surface area contributed by atoms with Crippen molar-refractivity contribution in [3.8, 4) is 0 Å². The maximum absolute atomic E-state index is 5.09. The van der Waals surface area contributed by atoms with Gasteiger partial charge in [0.1, 0.15) is 0 Å². The fourth-order valence-electron chi connectivity index (χ4n) is 0.192. The molecule has 0 aromatic heterocycles. The maximum atomic E-state index is 5.09. The summed E-state index contributed by atoms with van der Waals surface area (Å²) in [4.78, 5) is 0. The van der Waals surface area contributed by atoms with Gasteiger partial charge in [0.2, 0.25) is 0 Å². The first kappa shape index (κ1) is 18.5. The summed E-state index contributed by atoms with van der Waals surface area (Å²) in [6.07, 6.45) is 7.08. The van der Waals surface area contributed by atoms with Gasteiger partial charge < -0.3 is 0 Å². The van der Waals surface area contributed by atoms with E-state index in [0.29, 0.717) is 0 Å². The van der Waals surface area contributed by atoms with Gasteiger partial charge in [-0.2, -0.15) is 12.2 Å². The summed E-state index contributed by atoms with van der Waals surface area (Å²) in [6, 6.07) is 0. The Balaban J connectivity index is -0.000000143. The Labute approximate surface area is 98.0 Å². The normalized spacial score (nSPS) is 10.5. The fraction of sp³-hybridized carbons (Fsp3) is 0.333. The molecule has 0 amide bonds. The van der Waals surface area contributed by atoms with Crippen LogP contribution in [0.15, 0.2) is 35.5 Å². The molecule has 0 aromatic rings. The van der Waals surface area contributed by atoms with Crippen LogP contribution >= 0.6 is 0 Å². The first-order valence-electron chi connectivity index (χ1n) is 3.98. The minimum absolute atomic E-state index is 0. The Bertz CT molecular complexity index is 163. The monoisotopic (exact) mass is 210 g/mol. The van der Waals surface area contributed by atoms with Crippen LogP contribution in [-0.4, -0.2) is 0 Å². The van der Waals surface area contributed by atoms with E-state index in [0.717, 1.165) is 11.1 Å². The summed E-state index contributed by atoms with van der Waals surface area (Å²) in [6.45, 7) is 18.0. The Kier molecular flexibility index (Phi) is 20.2. The topological polar surface area (TPSA) is 0 Å². The number of hydrogen-bond acceptors (Lipinski definition) is 0. The third kappa shape index (κ3) is 18.6. The Hall–Kier alpha value is -0.326. The zero-order chi connectivity index (χ0) is 9.98. The van der Waals surface area contributed by atoms with Gasteiger partial charge in [-0.3, -0.25) is 13.2 Å². The van der Waals surface area contributed by atoms with E-state index in [4.69, 9.17) is 13.2 Å². The molecule has 0 aliphatic carbocycles. The van der Waals surface area contributed by atoms with Gasteiger partial charge in [-0.1, -0.05) is 13.8 Å². The predicted molar refractivity (Wildman–Crippen MR) is 56.6 cm³/mol. The van der Waals surface area contributed by atoms with E-state index in [1.807, 2.05) is 39.8 Å². The van der Waals surface area contributed by atoms with Crippen molar-refractivity contribution in [2.75, 3.05) is 0 Å². The molecule has 0 saturated carbocycles. The van der Waals surface area contributed by atoms with Crippen LogP contribution in [0.2, 0.25) is 0 Å². The molecule has 0 saturated heterocycles. The molecule has 0 unspecified atom stereocenters. The molecule has 0 bridgehead atoms. The van der Waals surface area contributed by atoms with Gasteiger partial charge in [0, 0.05) is 0 Å². The van der Waals surface area contributed by atoms with Gasteiger partial charge in [-0.25, -0.2) is 23.3 Å². The van der Waals surface area contributed by atoms with Crippen molar-refractivity contribution in [3.63, 3.8) is 0 Å². The second-order valence-corrected chi connectivity index (χ2v) is 2.40. The Morgan fingerprint density at radius 1 is 0.846 bits per heavy atom. The quantitative estimate of drug-likeness (QED) is 0.368. The molecule has 1 heteroatoms. The molecule has 0 aromatic carbocycles. The van der Waals surface area contributed by atoms with Crippen molar-refractivity contribution in [1.82, 2.24) is 0 Å². The van der Waals surface area contributed by atoms with E-state index < -0.39 is 0 Å². The molecule has 70 valence electrons. The van der Waals surface area contributed by atoms with E-state index in [9.17, 15) is 0 Å². The van der Waals surface area contributed by atoms with Crippen LogP contribution < -0.4 is 0 Å². The molecule has 13 heavy (non-hydrogen) atoms. The van der Waals surface area contributed by atoms with Crippen LogP contribution in [0.1, 0.15) is 27.7 Å². The van der Waals surface area contributed by atoms with Crippen molar-refractivity contribution in [3.05, 3.63) is 48.6 Å². The van der Waals surface area contributed by atoms with Crippen LogP contribution in [0.5, 0.6) is 0 Å². The maximum Gasteiger partial charge on any atom is 2.00 e. The van der Waals surface area contributed by atoms with Crippen LogP contribution in [0, 0.1) is 13.2 Å². The zero-order valence-corrected chi connectivity index (χ0v) is 10.5. The fourth-order valence-corrected chi connectivity index (χ4v) is 0.192. The standard InChI is InChI=1S/2C6H9.Ti/c2*1-4-6(3)5-2;/h2*1,4-5H,2-3H3;/q2*-1;+2. The molecule has 0 nitrogen and oxygen atoms in total. The number of allylic oxidation sites excluding steroid dienone is 6. The molecule has 0 spiro atoms. The number of hydrogen-bond donors (Lipinski definition) is 0. The van der Waals surface area contributed by atoms with Crippen LogP contribution in [0.3, 0.4) is 0 Å². The SMILES string of the molecule is [CH-]=CC(C)=CC.[CH-]=CC(C)=CC.[Ti+2]. The van der Waals surface area contributed by atoms with Gasteiger partial charge in [0.05, 0.1) is 0 Å². The summed E-state index contributed by atoms with van der Waals surface area (Å²) in [5.41, 5.74) is 2.24. The van der Waals surface area contributed by atoms with Gasteiger partial charge in [-0.05, 0) is 0 Å². The smallest absolute Gasteiger partial charge is 0.293 e. The third-order valence-electron chi connectivity index (χ3n) is 1.44. The molecule has 0 aliphatic heterocycles. The molecule has 0 N–H and O–H groups in total. The average molecular weight is 210 g/mol. The van der Waals surface area contributed by atoms with Crippen molar-refractivity contribution in [1.29, 1.82) is 0 Å². The summed E-state index contributed by atoms with van der Waals surface area (Å²) in [5, 5.41) is 0. The van der Waals surface area contributed by atoms with Crippen molar-refractivity contribution in [2.45, 2.75) is 27.7 Å². The summed E-state index contributed by atoms with van der Waals surface area (Å²) in [7, 11) is 0.